The largest absolute Gasteiger partial charge is 0.494 e. The molecule has 2 amide bonds. The van der Waals surface area contributed by atoms with E-state index in [1.54, 1.807) is 49.4 Å². The van der Waals surface area contributed by atoms with Gasteiger partial charge < -0.3 is 15.0 Å². The third kappa shape index (κ3) is 8.53. The lowest BCUT2D eigenvalue weighted by atomic mass is 10.1. The van der Waals surface area contributed by atoms with Crippen LogP contribution in [-0.2, 0) is 26.2 Å². The summed E-state index contributed by atoms with van der Waals surface area (Å²) in [7, 11) is -4.23. The van der Waals surface area contributed by atoms with E-state index in [0.717, 1.165) is 4.31 Å². The van der Waals surface area contributed by atoms with E-state index in [1.807, 2.05) is 20.8 Å². The van der Waals surface area contributed by atoms with Gasteiger partial charge in [0.15, 0.2) is 0 Å². The Hall–Kier alpha value is -2.98. The molecule has 12 heteroatoms. The van der Waals surface area contributed by atoms with Crippen molar-refractivity contribution in [3.8, 4) is 5.75 Å². The molecule has 0 radical (unpaired) electrons. The quantitative estimate of drug-likeness (QED) is 0.225. The number of anilines is 1. The van der Waals surface area contributed by atoms with Crippen LogP contribution in [0.25, 0.3) is 0 Å². The number of ether oxygens (including phenoxy) is 1. The summed E-state index contributed by atoms with van der Waals surface area (Å²) < 4.78 is 34.3. The molecule has 0 aliphatic heterocycles. The van der Waals surface area contributed by atoms with Gasteiger partial charge in [-0.05, 0) is 93.4 Å². The number of carbonyl (C=O) groups is 2. The summed E-state index contributed by atoms with van der Waals surface area (Å²) in [6.45, 7) is 7.08. The summed E-state index contributed by atoms with van der Waals surface area (Å²) in [4.78, 5) is 28.5. The van der Waals surface area contributed by atoms with E-state index in [9.17, 15) is 18.0 Å². The minimum Gasteiger partial charge on any atom is -0.494 e. The molecule has 3 aromatic rings. The van der Waals surface area contributed by atoms with Gasteiger partial charge in [0.25, 0.3) is 10.0 Å². The van der Waals surface area contributed by atoms with E-state index in [-0.39, 0.29) is 29.1 Å². The van der Waals surface area contributed by atoms with Gasteiger partial charge in [-0.3, -0.25) is 13.9 Å². The van der Waals surface area contributed by atoms with Crippen LogP contribution in [0.15, 0.2) is 71.6 Å². The molecule has 0 spiro atoms. The average Bonchev–Trinajstić information content (AvgIpc) is 2.96. The second-order valence-corrected chi connectivity index (χ2v) is 12.8. The van der Waals surface area contributed by atoms with Crippen molar-refractivity contribution < 1.29 is 22.7 Å². The number of halogens is 3. The minimum atomic E-state index is -4.23. The fraction of sp³-hybridized carbons (Fsp3) is 0.333. The topological polar surface area (TPSA) is 96.0 Å². The summed E-state index contributed by atoms with van der Waals surface area (Å²) in [5.41, 5.74) is 0.863. The fourth-order valence-corrected chi connectivity index (χ4v) is 5.88. The van der Waals surface area contributed by atoms with Crippen molar-refractivity contribution in [3.05, 3.63) is 87.4 Å². The van der Waals surface area contributed by atoms with Crippen molar-refractivity contribution in [3.63, 3.8) is 0 Å². The summed E-state index contributed by atoms with van der Waals surface area (Å²) in [5.74, 6) is -0.418. The Morgan fingerprint density at radius 1 is 0.905 bits per heavy atom. The molecule has 0 aliphatic rings. The highest BCUT2D eigenvalue weighted by Crippen LogP contribution is 2.28. The van der Waals surface area contributed by atoms with Gasteiger partial charge in [-0.15, -0.1) is 0 Å². The van der Waals surface area contributed by atoms with Crippen LogP contribution in [0, 0.1) is 0 Å². The van der Waals surface area contributed by atoms with Crippen LogP contribution in [0.5, 0.6) is 5.75 Å². The van der Waals surface area contributed by atoms with Crippen molar-refractivity contribution in [1.82, 2.24) is 10.2 Å². The van der Waals surface area contributed by atoms with Crippen LogP contribution in [0.4, 0.5) is 5.69 Å². The van der Waals surface area contributed by atoms with E-state index < -0.39 is 28.5 Å². The molecule has 1 N–H and O–H groups in total. The Morgan fingerprint density at radius 2 is 1.55 bits per heavy atom. The maximum atomic E-state index is 14.0. The number of rotatable bonds is 13. The van der Waals surface area contributed by atoms with Crippen molar-refractivity contribution in [2.24, 2.45) is 0 Å². The molecule has 3 rings (SSSR count). The zero-order valence-electron chi connectivity index (χ0n) is 23.8. The van der Waals surface area contributed by atoms with Gasteiger partial charge in [-0.2, -0.15) is 0 Å². The zero-order valence-corrected chi connectivity index (χ0v) is 26.9. The highest BCUT2D eigenvalue weighted by Gasteiger charge is 2.33. The molecule has 0 fully saturated rings. The lowest BCUT2D eigenvalue weighted by molar-refractivity contribution is -0.139. The third-order valence-corrected chi connectivity index (χ3v) is 9.40. The normalized spacial score (nSPS) is 12.7. The minimum absolute atomic E-state index is 0.0110. The van der Waals surface area contributed by atoms with Crippen molar-refractivity contribution >= 4 is 62.3 Å². The predicted octanol–water partition coefficient (Wildman–Crippen LogP) is 6.57. The Bertz CT molecular complexity index is 1490. The first-order chi connectivity index (χ1) is 19.9. The van der Waals surface area contributed by atoms with Gasteiger partial charge in [0.05, 0.1) is 27.2 Å². The van der Waals surface area contributed by atoms with Gasteiger partial charge in [0.1, 0.15) is 18.3 Å². The van der Waals surface area contributed by atoms with E-state index in [2.05, 4.69) is 5.32 Å². The van der Waals surface area contributed by atoms with Crippen LogP contribution in [0.2, 0.25) is 15.1 Å². The van der Waals surface area contributed by atoms with Crippen LogP contribution in [0.1, 0.15) is 39.7 Å². The molecule has 0 aromatic heterocycles. The lowest BCUT2D eigenvalue weighted by Crippen LogP contribution is -2.52. The Balaban J connectivity index is 2.04. The first kappa shape index (κ1) is 33.5. The number of benzene rings is 3. The fourth-order valence-electron chi connectivity index (χ4n) is 4.02. The van der Waals surface area contributed by atoms with Gasteiger partial charge in [0.2, 0.25) is 11.8 Å². The van der Waals surface area contributed by atoms with Gasteiger partial charge in [-0.25, -0.2) is 8.42 Å². The van der Waals surface area contributed by atoms with Crippen LogP contribution >= 0.6 is 34.8 Å². The summed E-state index contributed by atoms with van der Waals surface area (Å²) >= 11 is 18.3. The Morgan fingerprint density at radius 3 is 2.12 bits per heavy atom. The Kier molecular flexibility index (Phi) is 11.9. The summed E-state index contributed by atoms with van der Waals surface area (Å²) in [5, 5.41) is 3.90. The number of nitrogens with one attached hydrogen (secondary N) is 1. The van der Waals surface area contributed by atoms with Gasteiger partial charge in [0, 0.05) is 17.6 Å². The zero-order chi connectivity index (χ0) is 31.0. The molecule has 42 heavy (non-hydrogen) atoms. The number of hydrogen-bond acceptors (Lipinski definition) is 5. The summed E-state index contributed by atoms with van der Waals surface area (Å²) in [6, 6.07) is 15.9. The smallest absolute Gasteiger partial charge is 0.264 e. The molecule has 0 unspecified atom stereocenters. The average molecular weight is 655 g/mol. The maximum absolute atomic E-state index is 14.0. The number of sulfonamides is 1. The van der Waals surface area contributed by atoms with Crippen molar-refractivity contribution in [2.45, 2.75) is 57.6 Å². The molecule has 0 aliphatic carbocycles. The highest BCUT2D eigenvalue weighted by atomic mass is 35.5. The molecule has 2 atom stereocenters. The van der Waals surface area contributed by atoms with Crippen LogP contribution in [-0.4, -0.2) is 50.4 Å². The molecule has 226 valence electrons. The van der Waals surface area contributed by atoms with Crippen LogP contribution in [0.3, 0.4) is 0 Å². The van der Waals surface area contributed by atoms with Gasteiger partial charge in [-0.1, -0.05) is 47.8 Å². The molecule has 3 aromatic carbocycles. The molecule has 0 saturated carbocycles. The van der Waals surface area contributed by atoms with E-state index in [0.29, 0.717) is 39.4 Å². The molecular formula is C30H34Cl3N3O5S. The maximum Gasteiger partial charge on any atom is 0.264 e. The van der Waals surface area contributed by atoms with E-state index in [4.69, 9.17) is 39.5 Å². The molecule has 0 saturated heterocycles. The second kappa shape index (κ2) is 15.0. The van der Waals surface area contributed by atoms with Crippen LogP contribution < -0.4 is 14.4 Å². The predicted molar refractivity (Wildman–Crippen MR) is 168 cm³/mol. The SMILES string of the molecule is CCOc1ccc(N(CC(=O)N(Cc2ccc(Cl)c(Cl)c2)[C@@H](C)C(=O)N[C@H](C)CC)S(=O)(=O)c2ccc(Cl)cc2)cc1. The summed E-state index contributed by atoms with van der Waals surface area (Å²) in [6.07, 6.45) is 0.698. The number of amides is 2. The van der Waals surface area contributed by atoms with Gasteiger partial charge >= 0.3 is 0 Å². The standard InChI is InChI=1S/C30H34Cl3N3O5S/c1-5-20(3)34-30(38)21(4)35(18-22-7-16-27(32)28(33)17-22)29(37)19-36(24-10-12-25(13-11-24)41-6-2)42(39,40)26-14-8-23(31)9-15-26/h7-17,20-21H,5-6,18-19H2,1-4H3,(H,34,38)/t20-,21+/m1/s1. The van der Waals surface area contributed by atoms with Crippen molar-refractivity contribution in [2.75, 3.05) is 17.5 Å². The Labute approximate surface area is 262 Å². The van der Waals surface area contributed by atoms with E-state index >= 15 is 0 Å². The molecular weight excluding hydrogens is 621 g/mol. The molecule has 8 nitrogen and oxygen atoms in total. The molecule has 0 heterocycles. The number of nitrogens with zero attached hydrogens (tertiary/aromatic N) is 2. The second-order valence-electron chi connectivity index (χ2n) is 9.66. The lowest BCUT2D eigenvalue weighted by Gasteiger charge is -2.32. The monoisotopic (exact) mass is 653 g/mol. The first-order valence-corrected chi connectivity index (χ1v) is 16.0. The number of hydrogen-bond donors (Lipinski definition) is 1. The van der Waals surface area contributed by atoms with E-state index in [1.165, 1.54) is 29.2 Å². The highest BCUT2D eigenvalue weighted by molar-refractivity contribution is 7.92. The first-order valence-electron chi connectivity index (χ1n) is 13.4. The number of carbonyl (C=O) groups excluding carboxylic acids is 2. The van der Waals surface area contributed by atoms with Crippen molar-refractivity contribution in [1.29, 1.82) is 0 Å². The third-order valence-electron chi connectivity index (χ3n) is 6.62. The molecule has 0 bridgehead atoms.